The minimum atomic E-state index is -0.973. The van der Waals surface area contributed by atoms with Crippen LogP contribution in [0.2, 0.25) is 0 Å². The molecule has 1 fully saturated rings. The summed E-state index contributed by atoms with van der Waals surface area (Å²) in [5.41, 5.74) is -0.700. The lowest BCUT2D eigenvalue weighted by atomic mass is 9.87. The molecule has 7 heteroatoms. The smallest absolute Gasteiger partial charge is 0.137 e. The summed E-state index contributed by atoms with van der Waals surface area (Å²) in [6.45, 7) is 0.538. The zero-order valence-electron chi connectivity index (χ0n) is 11.2. The van der Waals surface area contributed by atoms with Crippen LogP contribution in [0.5, 0.6) is 0 Å². The molecule has 2 atom stereocenters. The van der Waals surface area contributed by atoms with Crippen molar-refractivity contribution in [1.29, 1.82) is 0 Å². The summed E-state index contributed by atoms with van der Waals surface area (Å²) < 4.78 is 34.7. The number of hydrogen-bond acceptors (Lipinski definition) is 4. The highest BCUT2D eigenvalue weighted by Crippen LogP contribution is 2.41. The molecule has 0 spiro atoms. The van der Waals surface area contributed by atoms with Crippen LogP contribution >= 0.6 is 0 Å². The van der Waals surface area contributed by atoms with Gasteiger partial charge in [-0.25, -0.2) is 18.4 Å². The molecule has 1 aromatic carbocycles. The molecule has 0 aliphatic carbocycles. The Bertz CT molecular complexity index is 621. The summed E-state index contributed by atoms with van der Waals surface area (Å²) in [5.74, 6) is -1.38. The molecule has 21 heavy (non-hydrogen) atoms. The lowest BCUT2D eigenvalue weighted by molar-refractivity contribution is -0.0207. The van der Waals surface area contributed by atoms with Crippen LogP contribution < -0.4 is 0 Å². The number of aliphatic hydroxyl groups excluding tert-OH is 1. The van der Waals surface area contributed by atoms with Crippen molar-refractivity contribution < 1.29 is 18.6 Å². The molecule has 112 valence electrons. The average molecular weight is 295 g/mol. The Hall–Kier alpha value is -1.86. The van der Waals surface area contributed by atoms with Crippen molar-refractivity contribution in [2.45, 2.75) is 18.6 Å². The molecule has 0 saturated carbocycles. The first kappa shape index (κ1) is 14.1. The van der Waals surface area contributed by atoms with Gasteiger partial charge in [0.15, 0.2) is 0 Å². The quantitative estimate of drug-likeness (QED) is 0.928. The third-order valence-electron chi connectivity index (χ3n) is 3.78. The van der Waals surface area contributed by atoms with E-state index < -0.39 is 17.2 Å². The molecule has 0 bridgehead atoms. The number of aromatic nitrogens is 3. The van der Waals surface area contributed by atoms with Crippen molar-refractivity contribution in [1.82, 2.24) is 14.8 Å². The van der Waals surface area contributed by atoms with E-state index in [9.17, 15) is 13.9 Å². The Balaban J connectivity index is 1.99. The summed E-state index contributed by atoms with van der Waals surface area (Å²) in [6, 6.07) is 3.44. The summed E-state index contributed by atoms with van der Waals surface area (Å²) in [5, 5.41) is 13.3. The van der Waals surface area contributed by atoms with E-state index in [-0.39, 0.29) is 24.6 Å². The van der Waals surface area contributed by atoms with Gasteiger partial charge < -0.3 is 9.84 Å². The molecule has 1 aromatic heterocycles. The minimum Gasteiger partial charge on any atom is -0.396 e. The lowest BCUT2D eigenvalue weighted by Crippen LogP contribution is -2.32. The van der Waals surface area contributed by atoms with Crippen molar-refractivity contribution in [3.63, 3.8) is 0 Å². The van der Waals surface area contributed by atoms with E-state index in [0.717, 1.165) is 6.07 Å². The molecular weight excluding hydrogens is 280 g/mol. The van der Waals surface area contributed by atoms with Gasteiger partial charge in [-0.3, -0.25) is 0 Å². The highest BCUT2D eigenvalue weighted by Gasteiger charge is 2.44. The third kappa shape index (κ3) is 2.66. The fourth-order valence-electron chi connectivity index (χ4n) is 2.80. The highest BCUT2D eigenvalue weighted by molar-refractivity contribution is 5.26. The third-order valence-corrected chi connectivity index (χ3v) is 3.78. The second-order valence-electron chi connectivity index (χ2n) is 5.28. The topological polar surface area (TPSA) is 60.2 Å². The van der Waals surface area contributed by atoms with E-state index in [1.165, 1.54) is 24.8 Å². The molecule has 1 aliphatic rings. The van der Waals surface area contributed by atoms with E-state index in [2.05, 4.69) is 10.1 Å². The molecule has 1 N–H and O–H groups in total. The maximum Gasteiger partial charge on any atom is 0.137 e. The first-order chi connectivity index (χ1) is 10.1. The number of nitrogens with zero attached hydrogens (tertiary/aromatic N) is 3. The standard InChI is InChI=1S/C14H15F2N3O2/c15-11-1-2-12(13(16)3-11)14(4-10(5-20)6-21-14)7-19-9-17-8-18-19/h1-3,8-10,20H,4-7H2/t10-,14?/m1/s1. The van der Waals surface area contributed by atoms with Gasteiger partial charge in [0, 0.05) is 24.2 Å². The molecule has 0 amide bonds. The van der Waals surface area contributed by atoms with Crippen LogP contribution in [0.25, 0.3) is 0 Å². The van der Waals surface area contributed by atoms with E-state index >= 15 is 0 Å². The first-order valence-corrected chi connectivity index (χ1v) is 6.66. The van der Waals surface area contributed by atoms with Crippen LogP contribution in [-0.4, -0.2) is 33.1 Å². The summed E-state index contributed by atoms with van der Waals surface area (Å²) in [6.07, 6.45) is 3.33. The zero-order chi connectivity index (χ0) is 14.9. The van der Waals surface area contributed by atoms with Crippen LogP contribution in [0.15, 0.2) is 30.9 Å². The second kappa shape index (κ2) is 5.50. The molecule has 1 aliphatic heterocycles. The van der Waals surface area contributed by atoms with Gasteiger partial charge in [-0.05, 0) is 12.5 Å². The number of benzene rings is 1. The normalized spacial score (nSPS) is 25.4. The monoisotopic (exact) mass is 295 g/mol. The first-order valence-electron chi connectivity index (χ1n) is 6.66. The molecule has 2 aromatic rings. The lowest BCUT2D eigenvalue weighted by Gasteiger charge is -2.29. The van der Waals surface area contributed by atoms with Crippen molar-refractivity contribution in [3.8, 4) is 0 Å². The zero-order valence-corrected chi connectivity index (χ0v) is 11.2. The van der Waals surface area contributed by atoms with Crippen molar-refractivity contribution >= 4 is 0 Å². The molecule has 3 rings (SSSR count). The van der Waals surface area contributed by atoms with Gasteiger partial charge in [-0.1, -0.05) is 6.07 Å². The molecular formula is C14H15F2N3O2. The number of hydrogen-bond donors (Lipinski definition) is 1. The molecule has 1 unspecified atom stereocenters. The van der Waals surface area contributed by atoms with Crippen LogP contribution in [0.3, 0.4) is 0 Å². The average Bonchev–Trinajstić information content (AvgIpc) is 3.09. The van der Waals surface area contributed by atoms with Crippen molar-refractivity contribution in [2.75, 3.05) is 13.2 Å². The SMILES string of the molecule is OC[C@@H]1COC(Cn2cncn2)(c2ccc(F)cc2F)C1. The Morgan fingerprint density at radius 2 is 2.29 bits per heavy atom. The minimum absolute atomic E-state index is 0.0398. The van der Waals surface area contributed by atoms with Gasteiger partial charge in [0.2, 0.25) is 0 Å². The maximum atomic E-state index is 14.2. The molecule has 0 radical (unpaired) electrons. The Labute approximate surface area is 120 Å². The van der Waals surface area contributed by atoms with Gasteiger partial charge in [0.25, 0.3) is 0 Å². The van der Waals surface area contributed by atoms with E-state index in [1.54, 1.807) is 4.68 Å². The summed E-state index contributed by atoms with van der Waals surface area (Å²) in [7, 11) is 0. The van der Waals surface area contributed by atoms with Gasteiger partial charge in [0.05, 0.1) is 13.2 Å². The van der Waals surface area contributed by atoms with Gasteiger partial charge >= 0.3 is 0 Å². The number of aliphatic hydroxyl groups is 1. The van der Waals surface area contributed by atoms with Gasteiger partial charge in [-0.15, -0.1) is 0 Å². The van der Waals surface area contributed by atoms with E-state index in [4.69, 9.17) is 4.74 Å². The highest BCUT2D eigenvalue weighted by atomic mass is 19.1. The fraction of sp³-hybridized carbons (Fsp3) is 0.429. The van der Waals surface area contributed by atoms with E-state index in [1.807, 2.05) is 0 Å². The predicted molar refractivity (Wildman–Crippen MR) is 69.2 cm³/mol. The van der Waals surface area contributed by atoms with E-state index in [0.29, 0.717) is 13.0 Å². The Morgan fingerprint density at radius 1 is 1.43 bits per heavy atom. The van der Waals surface area contributed by atoms with Crippen LogP contribution in [-0.2, 0) is 16.9 Å². The Kier molecular flexibility index (Phi) is 3.69. The summed E-state index contributed by atoms with van der Waals surface area (Å²) >= 11 is 0. The largest absolute Gasteiger partial charge is 0.396 e. The molecule has 1 saturated heterocycles. The number of halogens is 2. The van der Waals surface area contributed by atoms with Gasteiger partial charge in [-0.2, -0.15) is 5.10 Å². The number of rotatable bonds is 4. The van der Waals surface area contributed by atoms with Gasteiger partial charge in [0.1, 0.15) is 29.9 Å². The van der Waals surface area contributed by atoms with Crippen LogP contribution in [0.4, 0.5) is 8.78 Å². The van der Waals surface area contributed by atoms with Crippen molar-refractivity contribution in [2.24, 2.45) is 5.92 Å². The number of ether oxygens (including phenoxy) is 1. The Morgan fingerprint density at radius 3 is 2.90 bits per heavy atom. The van der Waals surface area contributed by atoms with Crippen LogP contribution in [0, 0.1) is 17.6 Å². The predicted octanol–water partition coefficient (Wildman–Crippen LogP) is 1.48. The summed E-state index contributed by atoms with van der Waals surface area (Å²) in [4.78, 5) is 3.86. The molecule has 5 nitrogen and oxygen atoms in total. The maximum absolute atomic E-state index is 14.2. The molecule has 2 heterocycles. The second-order valence-corrected chi connectivity index (χ2v) is 5.28. The fourth-order valence-corrected chi connectivity index (χ4v) is 2.80. The van der Waals surface area contributed by atoms with Crippen LogP contribution in [0.1, 0.15) is 12.0 Å². The van der Waals surface area contributed by atoms with Crippen molar-refractivity contribution in [3.05, 3.63) is 48.1 Å².